The van der Waals surface area contributed by atoms with Gasteiger partial charge in [-0.25, -0.2) is 19.5 Å². The van der Waals surface area contributed by atoms with Crippen LogP contribution in [0.25, 0.3) is 5.82 Å². The molecule has 1 aliphatic heterocycles. The molecule has 50 heavy (non-hydrogen) atoms. The van der Waals surface area contributed by atoms with Gasteiger partial charge in [0.1, 0.15) is 16.8 Å². The Bertz CT molecular complexity index is 1940. The Morgan fingerprint density at radius 3 is 2.50 bits per heavy atom. The smallest absolute Gasteiger partial charge is 0.407 e. The number of hydrogen-bond acceptors (Lipinski definition) is 9. The molecule has 0 spiro atoms. The van der Waals surface area contributed by atoms with Crippen LogP contribution in [0.5, 0.6) is 5.75 Å². The Labute approximate surface area is 290 Å². The number of carbonyl (C=O) groups excluding carboxylic acids is 1. The summed E-state index contributed by atoms with van der Waals surface area (Å²) in [6.45, 7) is 4.38. The summed E-state index contributed by atoms with van der Waals surface area (Å²) in [6, 6.07) is 9.39. The zero-order chi connectivity index (χ0) is 36.5. The summed E-state index contributed by atoms with van der Waals surface area (Å²) in [7, 11) is -4.46. The second kappa shape index (κ2) is 14.1. The number of likely N-dealkylation sites (tertiary alicyclic amines) is 1. The highest BCUT2D eigenvalue weighted by molar-refractivity contribution is 7.90. The van der Waals surface area contributed by atoms with Gasteiger partial charge in [0.2, 0.25) is 0 Å². The van der Waals surface area contributed by atoms with Crippen molar-refractivity contribution in [2.45, 2.75) is 69.1 Å². The standard InChI is InChI=1S/C32H36ClF3N6O7S/c1-30(2)18-20(19-42(30)29(45)46)6-4-15-37-23-8-3-9-25(38-23)50(47,48)40-27(43)21-10-11-24(39-26(21)33)41-16-5-7-22(28(41)44)49-17-14-31(12-13-31)32(34,35)36/h3,5,7-11,16,20H,4,6,12-15,17-19H2,1-2H3,(H,37,38)(H,40,43)(H,45,46)/t20-/m0/s1. The van der Waals surface area contributed by atoms with Gasteiger partial charge in [-0.1, -0.05) is 17.7 Å². The van der Waals surface area contributed by atoms with Gasteiger partial charge in [0, 0.05) is 24.8 Å². The lowest BCUT2D eigenvalue weighted by Crippen LogP contribution is -2.41. The average Bonchev–Trinajstić information content (AvgIpc) is 3.77. The van der Waals surface area contributed by atoms with Crippen LogP contribution in [0.1, 0.15) is 62.7 Å². The minimum Gasteiger partial charge on any atom is -0.488 e. The molecule has 1 saturated carbocycles. The molecule has 13 nitrogen and oxygen atoms in total. The normalized spacial score (nSPS) is 18.0. The first-order valence-corrected chi connectivity index (χ1v) is 17.7. The number of nitrogens with zero attached hydrogens (tertiary/aromatic N) is 4. The van der Waals surface area contributed by atoms with Gasteiger partial charge < -0.3 is 20.1 Å². The predicted octanol–water partition coefficient (Wildman–Crippen LogP) is 5.48. The van der Waals surface area contributed by atoms with Crippen molar-refractivity contribution in [2.24, 2.45) is 11.3 Å². The molecule has 4 heterocycles. The van der Waals surface area contributed by atoms with E-state index in [9.17, 15) is 41.1 Å². The molecule has 0 bridgehead atoms. The topological polar surface area (TPSA) is 173 Å². The van der Waals surface area contributed by atoms with Gasteiger partial charge >= 0.3 is 12.3 Å². The van der Waals surface area contributed by atoms with Crippen LogP contribution in [0.2, 0.25) is 5.15 Å². The van der Waals surface area contributed by atoms with Crippen molar-refractivity contribution in [1.82, 2.24) is 24.2 Å². The summed E-state index contributed by atoms with van der Waals surface area (Å²) < 4.78 is 74.1. The van der Waals surface area contributed by atoms with E-state index in [1.165, 1.54) is 47.5 Å². The first-order valence-electron chi connectivity index (χ1n) is 15.8. The summed E-state index contributed by atoms with van der Waals surface area (Å²) in [6.07, 6.45) is -2.02. The summed E-state index contributed by atoms with van der Waals surface area (Å²) in [5.74, 6) is -0.895. The fourth-order valence-corrected chi connectivity index (χ4v) is 7.26. The monoisotopic (exact) mass is 740 g/mol. The molecular formula is C32H36ClF3N6O7S. The molecule has 0 radical (unpaired) electrons. The average molecular weight is 741 g/mol. The van der Waals surface area contributed by atoms with E-state index in [0.29, 0.717) is 19.5 Å². The molecule has 5 rings (SSSR count). The maximum absolute atomic E-state index is 13.2. The number of aromatic nitrogens is 3. The number of nitrogens with one attached hydrogen (secondary N) is 2. The zero-order valence-corrected chi connectivity index (χ0v) is 28.7. The third kappa shape index (κ3) is 8.15. The van der Waals surface area contributed by atoms with Crippen molar-refractivity contribution in [1.29, 1.82) is 0 Å². The van der Waals surface area contributed by atoms with Crippen LogP contribution in [-0.4, -0.2) is 76.4 Å². The van der Waals surface area contributed by atoms with Crippen molar-refractivity contribution in [3.8, 4) is 11.6 Å². The SMILES string of the molecule is CC1(C)C[C@H](CCCNc2cccc(S(=O)(=O)NC(=O)c3ccc(-n4cccc(OCCC5(C(F)(F)F)CC5)c4=O)nc3Cl)n2)CN1C(=O)O. The number of pyridine rings is 3. The van der Waals surface area contributed by atoms with Crippen LogP contribution in [0.4, 0.5) is 23.8 Å². The Balaban J connectivity index is 1.17. The quantitative estimate of drug-likeness (QED) is 0.150. The Morgan fingerprint density at radius 1 is 1.12 bits per heavy atom. The lowest BCUT2D eigenvalue weighted by Gasteiger charge is -2.28. The molecular weight excluding hydrogens is 705 g/mol. The Hall–Kier alpha value is -4.38. The highest BCUT2D eigenvalue weighted by atomic mass is 35.5. The lowest BCUT2D eigenvalue weighted by molar-refractivity contribution is -0.190. The highest BCUT2D eigenvalue weighted by Crippen LogP contribution is 2.59. The number of rotatable bonds is 13. The fourth-order valence-electron chi connectivity index (χ4n) is 6.09. The van der Waals surface area contributed by atoms with Crippen LogP contribution in [0, 0.1) is 11.3 Å². The van der Waals surface area contributed by atoms with E-state index in [2.05, 4.69) is 15.3 Å². The molecule has 1 saturated heterocycles. The minimum absolute atomic E-state index is 0.0149. The minimum atomic E-state index is -4.46. The number of sulfonamides is 1. The van der Waals surface area contributed by atoms with Gasteiger partial charge in [0.25, 0.3) is 21.5 Å². The molecule has 3 N–H and O–H groups in total. The first kappa shape index (κ1) is 36.9. The largest absolute Gasteiger partial charge is 0.488 e. The summed E-state index contributed by atoms with van der Waals surface area (Å²) in [5, 5.41) is 11.6. The van der Waals surface area contributed by atoms with Crippen LogP contribution in [0.15, 0.2) is 58.5 Å². The predicted molar refractivity (Wildman–Crippen MR) is 176 cm³/mol. The molecule has 270 valence electrons. The second-order valence-electron chi connectivity index (χ2n) is 13.1. The molecule has 0 aromatic carbocycles. The number of ether oxygens (including phenoxy) is 1. The maximum atomic E-state index is 13.2. The third-order valence-electron chi connectivity index (χ3n) is 9.04. The first-order chi connectivity index (χ1) is 23.4. The van der Waals surface area contributed by atoms with Crippen LogP contribution >= 0.6 is 11.6 Å². The van der Waals surface area contributed by atoms with E-state index in [-0.39, 0.29) is 54.7 Å². The number of amides is 2. The number of anilines is 1. The van der Waals surface area contributed by atoms with Crippen LogP contribution < -0.4 is 20.3 Å². The fraction of sp³-hybridized carbons (Fsp3) is 0.469. The lowest BCUT2D eigenvalue weighted by atomic mass is 9.93. The maximum Gasteiger partial charge on any atom is 0.407 e. The number of carbonyl (C=O) groups is 2. The summed E-state index contributed by atoms with van der Waals surface area (Å²) in [5.41, 5.74) is -3.25. The van der Waals surface area contributed by atoms with E-state index >= 15 is 0 Å². The molecule has 1 aliphatic carbocycles. The van der Waals surface area contributed by atoms with Crippen molar-refractivity contribution in [3.63, 3.8) is 0 Å². The van der Waals surface area contributed by atoms with E-state index in [1.54, 1.807) is 6.07 Å². The third-order valence-corrected chi connectivity index (χ3v) is 10.6. The van der Waals surface area contributed by atoms with E-state index in [4.69, 9.17) is 16.3 Å². The highest BCUT2D eigenvalue weighted by Gasteiger charge is 2.62. The van der Waals surface area contributed by atoms with Crippen molar-refractivity contribution < 1.29 is 41.0 Å². The zero-order valence-electron chi connectivity index (χ0n) is 27.2. The Kier molecular flexibility index (Phi) is 10.4. The van der Waals surface area contributed by atoms with Crippen molar-refractivity contribution in [3.05, 3.63) is 69.7 Å². The van der Waals surface area contributed by atoms with Crippen molar-refractivity contribution in [2.75, 3.05) is 25.0 Å². The molecule has 0 unspecified atom stereocenters. The molecule has 2 aliphatic rings. The van der Waals surface area contributed by atoms with Gasteiger partial charge in [0.05, 0.1) is 17.6 Å². The van der Waals surface area contributed by atoms with Crippen LogP contribution in [-0.2, 0) is 10.0 Å². The molecule has 2 amide bonds. The number of halogens is 4. The molecule has 2 fully saturated rings. The molecule has 3 aromatic rings. The second-order valence-corrected chi connectivity index (χ2v) is 15.1. The van der Waals surface area contributed by atoms with Gasteiger partial charge in [-0.3, -0.25) is 14.2 Å². The van der Waals surface area contributed by atoms with E-state index in [0.717, 1.165) is 17.4 Å². The van der Waals surface area contributed by atoms with Gasteiger partial charge in [-0.05, 0) is 94.7 Å². The molecule has 1 atom stereocenters. The molecule has 3 aromatic heterocycles. The number of hydrogen-bond donors (Lipinski definition) is 3. The number of carboxylic acid groups (broad SMARTS) is 1. The van der Waals surface area contributed by atoms with Gasteiger partial charge in [-0.2, -0.15) is 21.6 Å². The van der Waals surface area contributed by atoms with Gasteiger partial charge in [0.15, 0.2) is 10.8 Å². The van der Waals surface area contributed by atoms with E-state index < -0.39 is 54.9 Å². The number of alkyl halides is 3. The van der Waals surface area contributed by atoms with E-state index in [1.807, 2.05) is 18.6 Å². The summed E-state index contributed by atoms with van der Waals surface area (Å²) >= 11 is 6.23. The Morgan fingerprint density at radius 2 is 1.86 bits per heavy atom. The van der Waals surface area contributed by atoms with Gasteiger partial charge in [-0.15, -0.1) is 0 Å². The molecule has 18 heteroatoms. The summed E-state index contributed by atoms with van der Waals surface area (Å²) in [4.78, 5) is 47.0. The van der Waals surface area contributed by atoms with Crippen LogP contribution in [0.3, 0.4) is 0 Å². The van der Waals surface area contributed by atoms with Crippen molar-refractivity contribution >= 4 is 39.4 Å².